The Kier molecular flexibility index (Phi) is 10.1. The molecule has 28 heavy (non-hydrogen) atoms. The Bertz CT molecular complexity index is 830. The lowest BCUT2D eigenvalue weighted by Gasteiger charge is -2.12. The van der Waals surface area contributed by atoms with Gasteiger partial charge in [-0.2, -0.15) is 0 Å². The number of carbonyl (C=O) groups is 1. The predicted octanol–water partition coefficient (Wildman–Crippen LogP) is 4.42. The van der Waals surface area contributed by atoms with Gasteiger partial charge in [-0.15, -0.1) is 24.0 Å². The lowest BCUT2D eigenvalue weighted by Crippen LogP contribution is -2.31. The molecule has 0 heterocycles. The van der Waals surface area contributed by atoms with Crippen molar-refractivity contribution < 1.29 is 9.53 Å². The summed E-state index contributed by atoms with van der Waals surface area (Å²) >= 11 is 6.10. The fraction of sp³-hybridized carbons (Fsp3) is 0.300. The lowest BCUT2D eigenvalue weighted by molar-refractivity contribution is 0.0939. The van der Waals surface area contributed by atoms with E-state index in [1.807, 2.05) is 32.0 Å². The molecule has 0 aliphatic heterocycles. The van der Waals surface area contributed by atoms with Crippen LogP contribution in [0, 0.1) is 0 Å². The van der Waals surface area contributed by atoms with Crippen molar-refractivity contribution >= 4 is 53.1 Å². The van der Waals surface area contributed by atoms with Crippen molar-refractivity contribution in [2.75, 3.05) is 12.4 Å². The first kappa shape index (κ1) is 24.0. The minimum Gasteiger partial charge on any atom is -0.495 e. The van der Waals surface area contributed by atoms with Gasteiger partial charge in [0.25, 0.3) is 5.91 Å². The molecule has 0 fully saturated rings. The summed E-state index contributed by atoms with van der Waals surface area (Å²) in [6.45, 7) is 4.36. The number of hydrogen-bond acceptors (Lipinski definition) is 3. The topological polar surface area (TPSA) is 88.7 Å². The highest BCUT2D eigenvalue weighted by molar-refractivity contribution is 14.0. The molecule has 0 aliphatic carbocycles. The fourth-order valence-electron chi connectivity index (χ4n) is 2.33. The summed E-state index contributed by atoms with van der Waals surface area (Å²) in [5, 5.41) is 6.42. The van der Waals surface area contributed by atoms with Gasteiger partial charge < -0.3 is 21.1 Å². The minimum absolute atomic E-state index is 0. The van der Waals surface area contributed by atoms with Gasteiger partial charge in [0.1, 0.15) is 5.75 Å². The SMILES string of the molecule is CCC(C)NC(=O)c1cccc(CN=C(N)Nc2ccc(OC)c(Cl)c2)c1.I. The van der Waals surface area contributed by atoms with Crippen molar-refractivity contribution in [1.29, 1.82) is 0 Å². The van der Waals surface area contributed by atoms with E-state index in [2.05, 4.69) is 15.6 Å². The number of benzene rings is 2. The molecule has 8 heteroatoms. The highest BCUT2D eigenvalue weighted by Crippen LogP contribution is 2.27. The maximum absolute atomic E-state index is 12.2. The van der Waals surface area contributed by atoms with Gasteiger partial charge in [0.05, 0.1) is 18.7 Å². The van der Waals surface area contributed by atoms with E-state index in [4.69, 9.17) is 22.1 Å². The number of halogens is 2. The number of aliphatic imine (C=N–C) groups is 1. The zero-order valence-electron chi connectivity index (χ0n) is 16.2. The number of amides is 1. The van der Waals surface area contributed by atoms with Gasteiger partial charge in [-0.1, -0.05) is 30.7 Å². The molecular formula is C20H26ClIN4O2. The number of methoxy groups -OCH3 is 1. The van der Waals surface area contributed by atoms with Crippen LogP contribution in [0.15, 0.2) is 47.5 Å². The van der Waals surface area contributed by atoms with Crippen molar-refractivity contribution in [3.8, 4) is 5.75 Å². The van der Waals surface area contributed by atoms with Gasteiger partial charge in [-0.25, -0.2) is 4.99 Å². The Morgan fingerprint density at radius 3 is 2.68 bits per heavy atom. The van der Waals surface area contributed by atoms with Gasteiger partial charge in [-0.3, -0.25) is 4.79 Å². The molecule has 0 bridgehead atoms. The highest BCUT2D eigenvalue weighted by atomic mass is 127. The van der Waals surface area contributed by atoms with Crippen LogP contribution in [0.3, 0.4) is 0 Å². The quantitative estimate of drug-likeness (QED) is 0.289. The summed E-state index contributed by atoms with van der Waals surface area (Å²) in [7, 11) is 1.56. The monoisotopic (exact) mass is 516 g/mol. The van der Waals surface area contributed by atoms with Crippen molar-refractivity contribution in [2.45, 2.75) is 32.9 Å². The predicted molar refractivity (Wildman–Crippen MR) is 126 cm³/mol. The van der Waals surface area contributed by atoms with E-state index in [0.717, 1.165) is 12.0 Å². The number of nitrogens with one attached hydrogen (secondary N) is 2. The molecule has 2 aromatic carbocycles. The van der Waals surface area contributed by atoms with Crippen LogP contribution < -0.4 is 21.1 Å². The normalized spacial score (nSPS) is 11.9. The zero-order valence-corrected chi connectivity index (χ0v) is 19.2. The van der Waals surface area contributed by atoms with Crippen LogP contribution in [0.2, 0.25) is 5.02 Å². The van der Waals surface area contributed by atoms with Crippen LogP contribution in [-0.2, 0) is 6.54 Å². The Hall–Kier alpha value is -2.00. The van der Waals surface area contributed by atoms with Crippen LogP contribution >= 0.6 is 35.6 Å². The van der Waals surface area contributed by atoms with E-state index < -0.39 is 0 Å². The highest BCUT2D eigenvalue weighted by Gasteiger charge is 2.09. The van der Waals surface area contributed by atoms with Crippen molar-refractivity contribution in [1.82, 2.24) is 5.32 Å². The van der Waals surface area contributed by atoms with E-state index in [9.17, 15) is 4.79 Å². The molecule has 0 spiro atoms. The standard InChI is InChI=1S/C20H25ClN4O2.HI/c1-4-13(2)24-19(26)15-7-5-6-14(10-15)12-23-20(22)25-16-8-9-18(27-3)17(21)11-16;/h5-11,13H,4,12H2,1-3H3,(H,24,26)(H3,22,23,25);1H. The van der Waals surface area contributed by atoms with E-state index in [1.54, 1.807) is 31.4 Å². The second-order valence-electron chi connectivity index (χ2n) is 6.16. The van der Waals surface area contributed by atoms with Crippen LogP contribution in [0.5, 0.6) is 5.75 Å². The van der Waals surface area contributed by atoms with Crippen LogP contribution in [0.1, 0.15) is 36.2 Å². The number of carbonyl (C=O) groups excluding carboxylic acids is 1. The number of anilines is 1. The van der Waals surface area contributed by atoms with Crippen molar-refractivity contribution in [2.24, 2.45) is 10.7 Å². The molecule has 0 aliphatic rings. The molecule has 2 aromatic rings. The molecule has 1 amide bonds. The average molecular weight is 517 g/mol. The van der Waals surface area contributed by atoms with E-state index in [1.165, 1.54) is 0 Å². The number of nitrogens with two attached hydrogens (primary N) is 1. The first-order chi connectivity index (χ1) is 12.9. The van der Waals surface area contributed by atoms with E-state index in [0.29, 0.717) is 28.6 Å². The van der Waals surface area contributed by atoms with Gasteiger partial charge in [0, 0.05) is 17.3 Å². The van der Waals surface area contributed by atoms with Gasteiger partial charge in [0.15, 0.2) is 5.96 Å². The number of ether oxygens (including phenoxy) is 1. The van der Waals surface area contributed by atoms with Gasteiger partial charge in [-0.05, 0) is 49.2 Å². The summed E-state index contributed by atoms with van der Waals surface area (Å²) in [5.41, 5.74) is 8.15. The van der Waals surface area contributed by atoms with Crippen molar-refractivity contribution in [3.63, 3.8) is 0 Å². The molecule has 4 N–H and O–H groups in total. The van der Waals surface area contributed by atoms with Crippen LogP contribution in [-0.4, -0.2) is 25.0 Å². The summed E-state index contributed by atoms with van der Waals surface area (Å²) in [5.74, 6) is 0.755. The number of rotatable bonds is 7. The molecule has 1 atom stereocenters. The maximum Gasteiger partial charge on any atom is 0.251 e. The molecule has 1 unspecified atom stereocenters. The fourth-order valence-corrected chi connectivity index (χ4v) is 2.59. The Morgan fingerprint density at radius 1 is 1.29 bits per heavy atom. The number of hydrogen-bond donors (Lipinski definition) is 3. The van der Waals surface area contributed by atoms with Gasteiger partial charge in [0.2, 0.25) is 0 Å². The molecular weight excluding hydrogens is 491 g/mol. The number of nitrogens with zero attached hydrogens (tertiary/aromatic N) is 1. The largest absolute Gasteiger partial charge is 0.495 e. The minimum atomic E-state index is -0.0887. The third-order valence-electron chi connectivity index (χ3n) is 4.04. The van der Waals surface area contributed by atoms with Crippen molar-refractivity contribution in [3.05, 3.63) is 58.6 Å². The average Bonchev–Trinajstić information content (AvgIpc) is 2.66. The van der Waals surface area contributed by atoms with Crippen LogP contribution in [0.4, 0.5) is 5.69 Å². The summed E-state index contributed by atoms with van der Waals surface area (Å²) in [6, 6.07) is 12.7. The third kappa shape index (κ3) is 7.20. The Balaban J connectivity index is 0.00000392. The van der Waals surface area contributed by atoms with E-state index >= 15 is 0 Å². The smallest absolute Gasteiger partial charge is 0.251 e. The zero-order chi connectivity index (χ0) is 19.8. The summed E-state index contributed by atoms with van der Waals surface area (Å²) in [4.78, 5) is 16.5. The van der Waals surface area contributed by atoms with E-state index in [-0.39, 0.29) is 41.9 Å². The second-order valence-corrected chi connectivity index (χ2v) is 6.57. The molecule has 0 radical (unpaired) electrons. The number of guanidine groups is 1. The first-order valence-electron chi connectivity index (χ1n) is 8.73. The maximum atomic E-state index is 12.2. The second kappa shape index (κ2) is 11.8. The molecule has 152 valence electrons. The molecule has 0 saturated heterocycles. The Morgan fingerprint density at radius 2 is 2.04 bits per heavy atom. The Labute approximate surface area is 187 Å². The summed E-state index contributed by atoms with van der Waals surface area (Å²) in [6.07, 6.45) is 0.882. The lowest BCUT2D eigenvalue weighted by atomic mass is 10.1. The molecule has 0 aromatic heterocycles. The molecule has 0 saturated carbocycles. The van der Waals surface area contributed by atoms with Gasteiger partial charge >= 0.3 is 0 Å². The summed E-state index contributed by atoms with van der Waals surface area (Å²) < 4.78 is 5.12. The first-order valence-corrected chi connectivity index (χ1v) is 9.11. The van der Waals surface area contributed by atoms with Crippen LogP contribution in [0.25, 0.3) is 0 Å². The molecule has 6 nitrogen and oxygen atoms in total. The third-order valence-corrected chi connectivity index (χ3v) is 4.33. The molecule has 2 rings (SSSR count).